The van der Waals surface area contributed by atoms with Gasteiger partial charge in [0, 0.05) is 0 Å². The lowest BCUT2D eigenvalue weighted by Gasteiger charge is -2.15. The highest BCUT2D eigenvalue weighted by molar-refractivity contribution is 6.32. The quantitative estimate of drug-likeness (QED) is 0.611. The maximum absolute atomic E-state index is 12.5. The van der Waals surface area contributed by atoms with E-state index in [4.69, 9.17) is 27.9 Å². The van der Waals surface area contributed by atoms with E-state index in [2.05, 4.69) is 4.98 Å². The molecule has 0 bridgehead atoms. The zero-order valence-electron chi connectivity index (χ0n) is 12.1. The Morgan fingerprint density at radius 2 is 2.05 bits per heavy atom. The fraction of sp³-hybridized carbons (Fsp3) is 0.294. The van der Waals surface area contributed by atoms with E-state index in [0.717, 1.165) is 24.0 Å². The van der Waals surface area contributed by atoms with Crippen LogP contribution in [-0.4, -0.2) is 11.0 Å². The molecule has 0 saturated heterocycles. The second-order valence-corrected chi connectivity index (χ2v) is 6.38. The molecular weight excluding hydrogens is 321 g/mol. The zero-order valence-corrected chi connectivity index (χ0v) is 13.6. The van der Waals surface area contributed by atoms with Crippen LogP contribution in [0, 0.1) is 6.92 Å². The molecule has 1 saturated carbocycles. The molecule has 1 heterocycles. The molecule has 2 aromatic rings. The molecule has 1 aliphatic carbocycles. The van der Waals surface area contributed by atoms with Crippen LogP contribution in [0.5, 0.6) is 0 Å². The number of ether oxygens (including phenoxy) is 1. The fourth-order valence-electron chi connectivity index (χ4n) is 2.51. The van der Waals surface area contributed by atoms with Crippen molar-refractivity contribution in [2.24, 2.45) is 0 Å². The molecule has 1 aromatic heterocycles. The molecule has 1 aliphatic rings. The second kappa shape index (κ2) is 5.90. The SMILES string of the molecule is Cc1cccc(C2(C(=O)OCc3nc(Cl)ccc3Cl)CC2)c1. The summed E-state index contributed by atoms with van der Waals surface area (Å²) in [5.74, 6) is -0.226. The van der Waals surface area contributed by atoms with Crippen LogP contribution in [0.1, 0.15) is 29.7 Å². The minimum Gasteiger partial charge on any atom is -0.458 e. The van der Waals surface area contributed by atoms with E-state index in [1.807, 2.05) is 31.2 Å². The molecule has 1 fully saturated rings. The Morgan fingerprint density at radius 1 is 1.27 bits per heavy atom. The van der Waals surface area contributed by atoms with Crippen molar-refractivity contribution in [3.8, 4) is 0 Å². The van der Waals surface area contributed by atoms with Gasteiger partial charge in [0.1, 0.15) is 11.8 Å². The Kier molecular flexibility index (Phi) is 4.11. The van der Waals surface area contributed by atoms with Gasteiger partial charge >= 0.3 is 5.97 Å². The Hall–Kier alpha value is -1.58. The first-order chi connectivity index (χ1) is 10.5. The van der Waals surface area contributed by atoms with E-state index in [1.165, 1.54) is 0 Å². The number of nitrogens with zero attached hydrogens (tertiary/aromatic N) is 1. The highest BCUT2D eigenvalue weighted by Gasteiger charge is 2.52. The van der Waals surface area contributed by atoms with Gasteiger partial charge in [0.15, 0.2) is 0 Å². The summed E-state index contributed by atoms with van der Waals surface area (Å²) in [5.41, 5.74) is 2.12. The zero-order chi connectivity index (χ0) is 15.7. The van der Waals surface area contributed by atoms with E-state index in [0.29, 0.717) is 15.9 Å². The van der Waals surface area contributed by atoms with Crippen molar-refractivity contribution < 1.29 is 9.53 Å². The average molecular weight is 336 g/mol. The number of hydrogen-bond acceptors (Lipinski definition) is 3. The highest BCUT2D eigenvalue weighted by Crippen LogP contribution is 2.49. The first-order valence-corrected chi connectivity index (χ1v) is 7.82. The number of esters is 1. The monoisotopic (exact) mass is 335 g/mol. The predicted molar refractivity (Wildman–Crippen MR) is 86.1 cm³/mol. The minimum absolute atomic E-state index is 0.0335. The number of halogens is 2. The van der Waals surface area contributed by atoms with Crippen LogP contribution >= 0.6 is 23.2 Å². The Labute approximate surface area is 139 Å². The van der Waals surface area contributed by atoms with E-state index in [-0.39, 0.29) is 12.6 Å². The summed E-state index contributed by atoms with van der Waals surface area (Å²) >= 11 is 11.9. The Morgan fingerprint density at radius 3 is 2.73 bits per heavy atom. The maximum atomic E-state index is 12.5. The van der Waals surface area contributed by atoms with Gasteiger partial charge in [0.25, 0.3) is 0 Å². The second-order valence-electron chi connectivity index (χ2n) is 5.59. The number of rotatable bonds is 4. The lowest BCUT2D eigenvalue weighted by Crippen LogP contribution is -2.23. The molecule has 5 heteroatoms. The average Bonchev–Trinajstić information content (AvgIpc) is 3.30. The van der Waals surface area contributed by atoms with Gasteiger partial charge in [-0.3, -0.25) is 4.79 Å². The topological polar surface area (TPSA) is 39.2 Å². The normalized spacial score (nSPS) is 15.4. The third-order valence-electron chi connectivity index (χ3n) is 3.94. The number of hydrogen-bond donors (Lipinski definition) is 0. The van der Waals surface area contributed by atoms with Gasteiger partial charge in [-0.2, -0.15) is 0 Å². The summed E-state index contributed by atoms with van der Waals surface area (Å²) in [6, 6.07) is 11.2. The van der Waals surface area contributed by atoms with Gasteiger partial charge in [-0.15, -0.1) is 0 Å². The Balaban J connectivity index is 1.73. The Bertz CT molecular complexity index is 726. The van der Waals surface area contributed by atoms with Crippen LogP contribution in [0.3, 0.4) is 0 Å². The lowest BCUT2D eigenvalue weighted by molar-refractivity contribution is -0.148. The van der Waals surface area contributed by atoms with Crippen LogP contribution in [0.25, 0.3) is 0 Å². The summed E-state index contributed by atoms with van der Waals surface area (Å²) in [7, 11) is 0. The van der Waals surface area contributed by atoms with E-state index in [1.54, 1.807) is 12.1 Å². The lowest BCUT2D eigenvalue weighted by atomic mass is 9.95. The molecule has 0 spiro atoms. The number of aromatic nitrogens is 1. The summed E-state index contributed by atoms with van der Waals surface area (Å²) < 4.78 is 5.44. The van der Waals surface area contributed by atoms with E-state index < -0.39 is 5.41 Å². The van der Waals surface area contributed by atoms with Crippen LogP contribution in [0.15, 0.2) is 36.4 Å². The van der Waals surface area contributed by atoms with E-state index >= 15 is 0 Å². The van der Waals surface area contributed by atoms with E-state index in [9.17, 15) is 4.79 Å². The van der Waals surface area contributed by atoms with Crippen molar-refractivity contribution in [3.63, 3.8) is 0 Å². The van der Waals surface area contributed by atoms with Crippen molar-refractivity contribution in [3.05, 3.63) is 63.4 Å². The van der Waals surface area contributed by atoms with Crippen molar-refractivity contribution in [2.45, 2.75) is 31.8 Å². The van der Waals surface area contributed by atoms with Crippen LogP contribution in [0.4, 0.5) is 0 Å². The number of pyridine rings is 1. The maximum Gasteiger partial charge on any atom is 0.316 e. The summed E-state index contributed by atoms with van der Waals surface area (Å²) in [6.45, 7) is 2.05. The molecular formula is C17H15Cl2NO2. The van der Waals surface area contributed by atoms with Gasteiger partial charge in [-0.25, -0.2) is 4.98 Å². The highest BCUT2D eigenvalue weighted by atomic mass is 35.5. The van der Waals surface area contributed by atoms with Gasteiger partial charge in [0.05, 0.1) is 16.1 Å². The molecule has 0 amide bonds. The molecule has 0 unspecified atom stereocenters. The predicted octanol–water partition coefficient (Wildman–Crippen LogP) is 4.47. The molecule has 3 nitrogen and oxygen atoms in total. The van der Waals surface area contributed by atoms with Crippen molar-refractivity contribution in [2.75, 3.05) is 0 Å². The molecule has 3 rings (SSSR count). The number of aryl methyl sites for hydroxylation is 1. The molecule has 0 atom stereocenters. The minimum atomic E-state index is -0.503. The molecule has 0 N–H and O–H groups in total. The first kappa shape index (κ1) is 15.3. The number of benzene rings is 1. The largest absolute Gasteiger partial charge is 0.458 e. The number of carbonyl (C=O) groups is 1. The molecule has 0 aliphatic heterocycles. The van der Waals surface area contributed by atoms with Gasteiger partial charge < -0.3 is 4.74 Å². The smallest absolute Gasteiger partial charge is 0.316 e. The molecule has 1 aromatic carbocycles. The number of carbonyl (C=O) groups excluding carboxylic acids is 1. The summed E-state index contributed by atoms with van der Waals surface area (Å²) in [6.07, 6.45) is 1.62. The summed E-state index contributed by atoms with van der Waals surface area (Å²) in [4.78, 5) is 16.6. The third-order valence-corrected chi connectivity index (χ3v) is 4.49. The van der Waals surface area contributed by atoms with Crippen LogP contribution in [-0.2, 0) is 21.6 Å². The van der Waals surface area contributed by atoms with Gasteiger partial charge in [0.2, 0.25) is 0 Å². The molecule has 0 radical (unpaired) electrons. The van der Waals surface area contributed by atoms with Crippen molar-refractivity contribution >= 4 is 29.2 Å². The van der Waals surface area contributed by atoms with Crippen molar-refractivity contribution in [1.82, 2.24) is 4.98 Å². The van der Waals surface area contributed by atoms with Gasteiger partial charge in [-0.1, -0.05) is 53.0 Å². The molecule has 22 heavy (non-hydrogen) atoms. The third kappa shape index (κ3) is 2.96. The fourth-order valence-corrected chi connectivity index (χ4v) is 2.83. The molecule has 114 valence electrons. The van der Waals surface area contributed by atoms with Gasteiger partial charge in [-0.05, 0) is 37.5 Å². The standard InChI is InChI=1S/C17H15Cl2NO2/c1-11-3-2-4-12(9-11)17(7-8-17)16(21)22-10-14-13(18)5-6-15(19)20-14/h2-6,9H,7-8,10H2,1H3. The van der Waals surface area contributed by atoms with Crippen molar-refractivity contribution in [1.29, 1.82) is 0 Å². The first-order valence-electron chi connectivity index (χ1n) is 7.06. The summed E-state index contributed by atoms with van der Waals surface area (Å²) in [5, 5.41) is 0.771. The van der Waals surface area contributed by atoms with Crippen LogP contribution in [0.2, 0.25) is 10.2 Å². The van der Waals surface area contributed by atoms with Crippen LogP contribution < -0.4 is 0 Å².